The summed E-state index contributed by atoms with van der Waals surface area (Å²) in [6.07, 6.45) is 0.607. The summed E-state index contributed by atoms with van der Waals surface area (Å²) in [6.45, 7) is 6.39. The Morgan fingerprint density at radius 3 is 2.54 bits per heavy atom. The maximum Gasteiger partial charge on any atom is 0.223 e. The molecule has 1 rings (SSSR count). The minimum atomic E-state index is 0.126. The number of thioether (sulfide) groups is 2. The molecule has 0 aliphatic carbocycles. The van der Waals surface area contributed by atoms with E-state index in [1.54, 1.807) is 23.5 Å². The Kier molecular flexibility index (Phi) is 3.65. The van der Waals surface area contributed by atoms with Crippen LogP contribution in [-0.4, -0.2) is 19.6 Å². The van der Waals surface area contributed by atoms with Crippen molar-refractivity contribution in [2.24, 2.45) is 0 Å². The van der Waals surface area contributed by atoms with Gasteiger partial charge in [-0.3, -0.25) is 4.79 Å². The lowest BCUT2D eigenvalue weighted by molar-refractivity contribution is -0.126. The van der Waals surface area contributed by atoms with Gasteiger partial charge in [0.15, 0.2) is 0 Å². The summed E-state index contributed by atoms with van der Waals surface area (Å²) in [5.74, 6) is 0.126. The third-order valence-electron chi connectivity index (χ3n) is 1.32. The van der Waals surface area contributed by atoms with Crippen LogP contribution in [0.15, 0.2) is 0 Å². The van der Waals surface area contributed by atoms with Crippen molar-refractivity contribution in [1.82, 2.24) is 5.32 Å². The molecular formula is C8H13NOS3. The van der Waals surface area contributed by atoms with Gasteiger partial charge in [0.05, 0.1) is 11.8 Å². The molecule has 1 aliphatic rings. The first-order chi connectivity index (χ1) is 5.87. The SMILES string of the molecule is CC(C)(C)SC(=S)SC1CC(=O)N1. The van der Waals surface area contributed by atoms with Crippen LogP contribution in [0, 0.1) is 0 Å². The number of carbonyl (C=O) groups excluding carboxylic acids is 1. The molecule has 1 heterocycles. The van der Waals surface area contributed by atoms with Gasteiger partial charge >= 0.3 is 0 Å². The molecule has 0 bridgehead atoms. The van der Waals surface area contributed by atoms with Crippen molar-refractivity contribution in [3.8, 4) is 0 Å². The van der Waals surface area contributed by atoms with Crippen molar-refractivity contribution >= 4 is 45.2 Å². The summed E-state index contributed by atoms with van der Waals surface area (Å²) >= 11 is 8.45. The molecule has 1 saturated heterocycles. The molecule has 1 unspecified atom stereocenters. The Morgan fingerprint density at radius 2 is 2.15 bits per heavy atom. The number of β-lactam (4-membered cyclic amide) rings is 1. The number of carbonyl (C=O) groups is 1. The first kappa shape index (κ1) is 11.3. The highest BCUT2D eigenvalue weighted by Gasteiger charge is 2.28. The number of hydrogen-bond donors (Lipinski definition) is 1. The average Bonchev–Trinajstić information content (AvgIpc) is 1.79. The van der Waals surface area contributed by atoms with E-state index in [4.69, 9.17) is 12.2 Å². The number of hydrogen-bond acceptors (Lipinski definition) is 4. The minimum absolute atomic E-state index is 0.126. The summed E-state index contributed by atoms with van der Waals surface area (Å²) in [5, 5.41) is 3.00. The van der Waals surface area contributed by atoms with Gasteiger partial charge in [0.25, 0.3) is 0 Å². The largest absolute Gasteiger partial charge is 0.343 e. The molecular weight excluding hydrogens is 222 g/mol. The summed E-state index contributed by atoms with van der Waals surface area (Å²) < 4.78 is 1.08. The molecule has 1 amide bonds. The molecule has 0 saturated carbocycles. The highest BCUT2D eigenvalue weighted by atomic mass is 32.2. The van der Waals surface area contributed by atoms with E-state index in [0.717, 1.165) is 3.53 Å². The van der Waals surface area contributed by atoms with Crippen molar-refractivity contribution in [3.05, 3.63) is 0 Å². The Bertz CT molecular complexity index is 226. The first-order valence-corrected chi connectivity index (χ1v) is 6.16. The second-order valence-electron chi connectivity index (χ2n) is 3.84. The molecule has 0 aromatic carbocycles. The van der Waals surface area contributed by atoms with Crippen molar-refractivity contribution in [2.75, 3.05) is 0 Å². The van der Waals surface area contributed by atoms with Gasteiger partial charge in [-0.05, 0) is 0 Å². The fourth-order valence-corrected chi connectivity index (χ4v) is 4.33. The molecule has 1 aliphatic heterocycles. The number of rotatable bonds is 1. The van der Waals surface area contributed by atoms with Crippen molar-refractivity contribution < 1.29 is 4.79 Å². The fraction of sp³-hybridized carbons (Fsp3) is 0.750. The lowest BCUT2D eigenvalue weighted by Gasteiger charge is -2.27. The van der Waals surface area contributed by atoms with Gasteiger partial charge in [-0.2, -0.15) is 0 Å². The van der Waals surface area contributed by atoms with E-state index in [1.807, 2.05) is 0 Å². The number of amides is 1. The predicted molar refractivity (Wildman–Crippen MR) is 64.1 cm³/mol. The van der Waals surface area contributed by atoms with E-state index in [1.165, 1.54) is 0 Å². The normalized spacial score (nSPS) is 22.1. The highest BCUT2D eigenvalue weighted by Crippen LogP contribution is 2.33. The lowest BCUT2D eigenvalue weighted by atomic mass is 10.3. The van der Waals surface area contributed by atoms with Crippen LogP contribution in [-0.2, 0) is 4.79 Å². The van der Waals surface area contributed by atoms with E-state index >= 15 is 0 Å². The Morgan fingerprint density at radius 1 is 1.62 bits per heavy atom. The highest BCUT2D eigenvalue weighted by molar-refractivity contribution is 8.47. The van der Waals surface area contributed by atoms with Gasteiger partial charge in [-0.25, -0.2) is 0 Å². The molecule has 0 spiro atoms. The van der Waals surface area contributed by atoms with Gasteiger partial charge in [-0.1, -0.05) is 44.8 Å². The van der Waals surface area contributed by atoms with E-state index in [0.29, 0.717) is 6.42 Å². The van der Waals surface area contributed by atoms with Gasteiger partial charge < -0.3 is 5.32 Å². The Hall–Kier alpha value is 0.260. The van der Waals surface area contributed by atoms with Crippen LogP contribution >= 0.6 is 35.7 Å². The van der Waals surface area contributed by atoms with E-state index in [2.05, 4.69) is 26.1 Å². The van der Waals surface area contributed by atoms with Crippen LogP contribution in [0.3, 0.4) is 0 Å². The van der Waals surface area contributed by atoms with Crippen LogP contribution in [0.1, 0.15) is 27.2 Å². The number of nitrogens with one attached hydrogen (secondary N) is 1. The predicted octanol–water partition coefficient (Wildman–Crippen LogP) is 2.38. The van der Waals surface area contributed by atoms with Crippen LogP contribution in [0.2, 0.25) is 0 Å². The standard InChI is InChI=1S/C8H13NOS3/c1-8(2,3)13-7(11)12-6-4-5(10)9-6/h6H,4H2,1-3H3,(H,9,10). The quantitative estimate of drug-likeness (QED) is 0.558. The third-order valence-corrected chi connectivity index (χ3v) is 3.94. The molecule has 1 fully saturated rings. The number of thiocarbonyl (C=S) groups is 1. The van der Waals surface area contributed by atoms with Gasteiger partial charge in [0.2, 0.25) is 5.91 Å². The Balaban J connectivity index is 2.22. The van der Waals surface area contributed by atoms with Gasteiger partial charge in [0.1, 0.15) is 3.53 Å². The maximum atomic E-state index is 10.6. The first-order valence-electron chi connectivity index (χ1n) is 4.06. The fourth-order valence-electron chi connectivity index (χ4n) is 0.788. The molecule has 0 radical (unpaired) electrons. The van der Waals surface area contributed by atoms with E-state index < -0.39 is 0 Å². The lowest BCUT2D eigenvalue weighted by Crippen LogP contribution is -2.46. The minimum Gasteiger partial charge on any atom is -0.343 e. The van der Waals surface area contributed by atoms with Crippen molar-refractivity contribution in [3.63, 3.8) is 0 Å². The summed E-state index contributed by atoms with van der Waals surface area (Å²) in [4.78, 5) is 10.6. The van der Waals surface area contributed by atoms with Gasteiger partial charge in [0, 0.05) is 4.75 Å². The molecule has 13 heavy (non-hydrogen) atoms. The van der Waals surface area contributed by atoms with Gasteiger partial charge in [-0.15, -0.1) is 11.8 Å². The second kappa shape index (κ2) is 4.19. The van der Waals surface area contributed by atoms with E-state index in [-0.39, 0.29) is 16.0 Å². The maximum absolute atomic E-state index is 10.6. The topological polar surface area (TPSA) is 29.1 Å². The average molecular weight is 235 g/mol. The molecule has 5 heteroatoms. The zero-order chi connectivity index (χ0) is 10.1. The molecule has 1 atom stereocenters. The Labute approximate surface area is 92.6 Å². The molecule has 74 valence electrons. The zero-order valence-corrected chi connectivity index (χ0v) is 10.4. The van der Waals surface area contributed by atoms with Crippen molar-refractivity contribution in [1.29, 1.82) is 0 Å². The van der Waals surface area contributed by atoms with Crippen molar-refractivity contribution in [2.45, 2.75) is 37.3 Å². The molecule has 0 aromatic heterocycles. The van der Waals surface area contributed by atoms with Crippen LogP contribution < -0.4 is 5.32 Å². The smallest absolute Gasteiger partial charge is 0.223 e. The molecule has 2 nitrogen and oxygen atoms in total. The summed E-state index contributed by atoms with van der Waals surface area (Å²) in [7, 11) is 0. The third kappa shape index (κ3) is 4.33. The summed E-state index contributed by atoms with van der Waals surface area (Å²) in [5.41, 5.74) is 0. The van der Waals surface area contributed by atoms with Crippen LogP contribution in [0.4, 0.5) is 0 Å². The monoisotopic (exact) mass is 235 g/mol. The molecule has 1 N–H and O–H groups in total. The van der Waals surface area contributed by atoms with Crippen LogP contribution in [0.25, 0.3) is 0 Å². The van der Waals surface area contributed by atoms with E-state index in [9.17, 15) is 4.79 Å². The summed E-state index contributed by atoms with van der Waals surface area (Å²) in [6, 6.07) is 0. The molecule has 0 aromatic rings. The second-order valence-corrected chi connectivity index (χ2v) is 8.08. The zero-order valence-electron chi connectivity index (χ0n) is 7.92. The van der Waals surface area contributed by atoms with Crippen LogP contribution in [0.5, 0.6) is 0 Å².